The predicted octanol–water partition coefficient (Wildman–Crippen LogP) is 7.19. The zero-order valence-electron chi connectivity index (χ0n) is 18.7. The van der Waals surface area contributed by atoms with Crippen LogP contribution in [-0.4, -0.2) is 10.9 Å². The molecule has 4 aliphatic carbocycles. The molecule has 4 nitrogen and oxygen atoms in total. The van der Waals surface area contributed by atoms with Crippen molar-refractivity contribution >= 4 is 33.5 Å². The molecule has 0 saturated heterocycles. The van der Waals surface area contributed by atoms with Crippen LogP contribution in [0.2, 0.25) is 0 Å². The zero-order chi connectivity index (χ0) is 22.0. The number of carbonyl (C=O) groups is 1. The number of oxazole rings is 1. The molecule has 4 aliphatic rings. The van der Waals surface area contributed by atoms with E-state index in [1.807, 2.05) is 36.4 Å². The van der Waals surface area contributed by atoms with Crippen molar-refractivity contribution in [2.75, 3.05) is 5.32 Å². The summed E-state index contributed by atoms with van der Waals surface area (Å²) in [5.74, 6) is 3.35. The van der Waals surface area contributed by atoms with Crippen molar-refractivity contribution in [1.82, 2.24) is 4.98 Å². The molecule has 166 valence electrons. The fourth-order valence-electron chi connectivity index (χ4n) is 7.50. The van der Waals surface area contributed by atoms with Gasteiger partial charge in [-0.15, -0.1) is 0 Å². The summed E-state index contributed by atoms with van der Waals surface area (Å²) in [5, 5.41) is 5.52. The third-order valence-corrected chi connectivity index (χ3v) is 8.37. The van der Waals surface area contributed by atoms with Crippen molar-refractivity contribution in [3.05, 3.63) is 60.7 Å². The van der Waals surface area contributed by atoms with E-state index in [1.54, 1.807) is 0 Å². The number of fused-ring (bicyclic) bond motifs is 2. The number of anilines is 1. The summed E-state index contributed by atoms with van der Waals surface area (Å²) in [5.41, 5.74) is 3.51. The number of nitrogens with one attached hydrogen (secondary N) is 1. The first-order valence-electron chi connectivity index (χ1n) is 12.3. The molecule has 4 saturated carbocycles. The Morgan fingerprint density at radius 3 is 2.39 bits per heavy atom. The number of hydrogen-bond donors (Lipinski definition) is 1. The normalized spacial score (nSPS) is 27.9. The van der Waals surface area contributed by atoms with Crippen LogP contribution in [0.4, 0.5) is 5.69 Å². The van der Waals surface area contributed by atoms with E-state index < -0.39 is 0 Å². The molecule has 0 unspecified atom stereocenters. The lowest BCUT2D eigenvalue weighted by Gasteiger charge is -2.56. The number of benzene rings is 3. The van der Waals surface area contributed by atoms with E-state index in [0.717, 1.165) is 45.5 Å². The first-order valence-corrected chi connectivity index (χ1v) is 12.3. The van der Waals surface area contributed by atoms with Crippen molar-refractivity contribution in [3.63, 3.8) is 0 Å². The zero-order valence-corrected chi connectivity index (χ0v) is 18.7. The van der Waals surface area contributed by atoms with Gasteiger partial charge in [0.25, 0.3) is 0 Å². The molecular formula is C29H28N2O2. The first kappa shape index (κ1) is 19.3. The Hall–Kier alpha value is -3.14. The highest BCUT2D eigenvalue weighted by Gasteiger charge is 2.51. The summed E-state index contributed by atoms with van der Waals surface area (Å²) in [7, 11) is 0. The van der Waals surface area contributed by atoms with Gasteiger partial charge in [-0.3, -0.25) is 4.79 Å². The molecule has 4 bridgehead atoms. The molecule has 8 rings (SSSR count). The van der Waals surface area contributed by atoms with Crippen LogP contribution >= 0.6 is 0 Å². The van der Waals surface area contributed by atoms with Crippen molar-refractivity contribution in [2.24, 2.45) is 23.2 Å². The number of carbonyl (C=O) groups excluding carboxylic acids is 1. The summed E-state index contributed by atoms with van der Waals surface area (Å²) in [4.78, 5) is 17.7. The Morgan fingerprint density at radius 1 is 0.909 bits per heavy atom. The fourth-order valence-corrected chi connectivity index (χ4v) is 7.50. The summed E-state index contributed by atoms with van der Waals surface area (Å²) >= 11 is 0. The van der Waals surface area contributed by atoms with Gasteiger partial charge >= 0.3 is 0 Å². The first-order chi connectivity index (χ1) is 16.1. The topological polar surface area (TPSA) is 55.1 Å². The monoisotopic (exact) mass is 436 g/mol. The molecule has 0 spiro atoms. The van der Waals surface area contributed by atoms with E-state index >= 15 is 0 Å². The van der Waals surface area contributed by atoms with Gasteiger partial charge < -0.3 is 9.73 Å². The number of hydrogen-bond acceptors (Lipinski definition) is 3. The Kier molecular flexibility index (Phi) is 4.21. The second kappa shape index (κ2) is 7.18. The third-order valence-electron chi connectivity index (χ3n) is 8.37. The maximum absolute atomic E-state index is 13.0. The smallest absolute Gasteiger partial charge is 0.227 e. The van der Waals surface area contributed by atoms with E-state index in [4.69, 9.17) is 9.40 Å². The van der Waals surface area contributed by atoms with Crippen molar-refractivity contribution < 1.29 is 9.21 Å². The minimum absolute atomic E-state index is 0.148. The van der Waals surface area contributed by atoms with Crippen LogP contribution < -0.4 is 5.32 Å². The largest absolute Gasteiger partial charge is 0.436 e. The lowest BCUT2D eigenvalue weighted by Crippen LogP contribution is -2.47. The summed E-state index contributed by atoms with van der Waals surface area (Å²) in [6.07, 6.45) is 8.64. The second-order valence-corrected chi connectivity index (χ2v) is 10.9. The maximum Gasteiger partial charge on any atom is 0.227 e. The van der Waals surface area contributed by atoms with Crippen molar-refractivity contribution in [3.8, 4) is 11.5 Å². The highest BCUT2D eigenvalue weighted by atomic mass is 16.3. The molecule has 3 aromatic carbocycles. The minimum Gasteiger partial charge on any atom is -0.436 e. The Morgan fingerprint density at radius 2 is 1.64 bits per heavy atom. The van der Waals surface area contributed by atoms with Gasteiger partial charge in [-0.05, 0) is 103 Å². The van der Waals surface area contributed by atoms with Gasteiger partial charge in [0, 0.05) is 17.7 Å². The van der Waals surface area contributed by atoms with Crippen LogP contribution in [0.5, 0.6) is 0 Å². The van der Waals surface area contributed by atoms with Crippen LogP contribution in [0.25, 0.3) is 33.3 Å². The van der Waals surface area contributed by atoms with Gasteiger partial charge in [0.15, 0.2) is 5.58 Å². The lowest BCUT2D eigenvalue weighted by atomic mass is 9.49. The summed E-state index contributed by atoms with van der Waals surface area (Å²) < 4.78 is 6.03. The van der Waals surface area contributed by atoms with Crippen LogP contribution in [0, 0.1) is 23.2 Å². The van der Waals surface area contributed by atoms with Gasteiger partial charge in [-0.2, -0.15) is 0 Å². The fraction of sp³-hybridized carbons (Fsp3) is 0.379. The highest BCUT2D eigenvalue weighted by Crippen LogP contribution is 2.61. The van der Waals surface area contributed by atoms with Gasteiger partial charge in [0.1, 0.15) is 5.52 Å². The minimum atomic E-state index is 0.148. The summed E-state index contributed by atoms with van der Waals surface area (Å²) in [6, 6.07) is 20.3. The molecule has 1 aromatic heterocycles. The standard InChI is InChI=1S/C29H28N2O2/c32-27(17-29-14-18-9-19(15-29)11-20(10-18)16-29)30-24-7-8-26-25(13-24)31-28(33-26)23-6-5-21-3-1-2-4-22(21)12-23/h1-8,12-13,18-20H,9-11,14-17H2,(H,30,32). The third kappa shape index (κ3) is 3.43. The van der Waals surface area contributed by atoms with Gasteiger partial charge in [-0.1, -0.05) is 30.3 Å². The van der Waals surface area contributed by atoms with E-state index in [1.165, 1.54) is 43.9 Å². The number of aromatic nitrogens is 1. The van der Waals surface area contributed by atoms with E-state index in [9.17, 15) is 4.79 Å². The number of nitrogens with zero attached hydrogens (tertiary/aromatic N) is 1. The molecule has 1 N–H and O–H groups in total. The van der Waals surface area contributed by atoms with Gasteiger partial charge in [0.05, 0.1) is 0 Å². The average Bonchev–Trinajstić information content (AvgIpc) is 3.21. The molecule has 4 aromatic rings. The van der Waals surface area contributed by atoms with Gasteiger partial charge in [-0.25, -0.2) is 4.98 Å². The molecule has 4 fully saturated rings. The van der Waals surface area contributed by atoms with Crippen molar-refractivity contribution in [1.29, 1.82) is 0 Å². The SMILES string of the molecule is O=C(CC12CC3CC(CC(C3)C1)C2)Nc1ccc2oc(-c3ccc4ccccc4c3)nc2c1. The number of amides is 1. The van der Waals surface area contributed by atoms with Crippen LogP contribution in [0.15, 0.2) is 65.1 Å². The Labute approximate surface area is 193 Å². The molecule has 33 heavy (non-hydrogen) atoms. The van der Waals surface area contributed by atoms with E-state index in [2.05, 4.69) is 29.6 Å². The maximum atomic E-state index is 13.0. The molecule has 0 radical (unpaired) electrons. The number of rotatable bonds is 4. The van der Waals surface area contributed by atoms with Gasteiger partial charge in [0.2, 0.25) is 11.8 Å². The highest BCUT2D eigenvalue weighted by molar-refractivity contribution is 5.93. The Bertz CT molecular complexity index is 1350. The van der Waals surface area contributed by atoms with Crippen LogP contribution in [0.1, 0.15) is 44.9 Å². The predicted molar refractivity (Wildman–Crippen MR) is 131 cm³/mol. The molecule has 1 heterocycles. The molecule has 4 heteroatoms. The van der Waals surface area contributed by atoms with E-state index in [-0.39, 0.29) is 11.3 Å². The van der Waals surface area contributed by atoms with E-state index in [0.29, 0.717) is 12.3 Å². The average molecular weight is 437 g/mol. The van der Waals surface area contributed by atoms with Crippen LogP contribution in [-0.2, 0) is 4.79 Å². The summed E-state index contributed by atoms with van der Waals surface area (Å²) in [6.45, 7) is 0. The van der Waals surface area contributed by atoms with Crippen LogP contribution in [0.3, 0.4) is 0 Å². The molecule has 0 aliphatic heterocycles. The quantitative estimate of drug-likeness (QED) is 0.368. The molecular weight excluding hydrogens is 408 g/mol. The second-order valence-electron chi connectivity index (χ2n) is 10.9. The molecule has 0 atom stereocenters. The Balaban J connectivity index is 1.11. The molecule has 1 amide bonds. The van der Waals surface area contributed by atoms with Crippen molar-refractivity contribution in [2.45, 2.75) is 44.9 Å². The lowest BCUT2D eigenvalue weighted by molar-refractivity contribution is -0.124.